The minimum Gasteiger partial charge on any atom is -0.481 e. The third-order valence-corrected chi connectivity index (χ3v) is 2.94. The van der Waals surface area contributed by atoms with E-state index in [1.165, 1.54) is 19.4 Å². The molecule has 0 amide bonds. The van der Waals surface area contributed by atoms with E-state index in [9.17, 15) is 0 Å². The molecule has 0 spiro atoms. The number of nitrogens with one attached hydrogen (secondary N) is 2. The number of anilines is 1. The predicted molar refractivity (Wildman–Crippen MR) is 64.9 cm³/mol. The smallest absolute Gasteiger partial charge is 0.214 e. The first-order valence-corrected chi connectivity index (χ1v) is 5.83. The molecule has 0 aliphatic carbocycles. The number of piperidine rings is 1. The van der Waals surface area contributed by atoms with Crippen LogP contribution in [0.25, 0.3) is 0 Å². The molecule has 1 aromatic rings. The summed E-state index contributed by atoms with van der Waals surface area (Å²) in [7, 11) is 1.64. The van der Waals surface area contributed by atoms with Crippen molar-refractivity contribution in [2.24, 2.45) is 5.92 Å². The summed E-state index contributed by atoms with van der Waals surface area (Å²) in [5, 5.41) is 6.85. The number of hydrogen-bond donors (Lipinski definition) is 2. The highest BCUT2D eigenvalue weighted by Crippen LogP contribution is 2.15. The van der Waals surface area contributed by atoms with Crippen molar-refractivity contribution in [3.8, 4) is 5.88 Å². The van der Waals surface area contributed by atoms with Gasteiger partial charge in [-0.1, -0.05) is 0 Å². The second-order valence-corrected chi connectivity index (χ2v) is 4.18. The normalized spacial score (nSPS) is 20.4. The first-order chi connectivity index (χ1) is 7.88. The van der Waals surface area contributed by atoms with E-state index >= 15 is 0 Å². The molecule has 4 nitrogen and oxygen atoms in total. The Kier molecular flexibility index (Phi) is 3.99. The number of ether oxygens (including phenoxy) is 1. The molecular formula is C12H19N3O. The zero-order chi connectivity index (χ0) is 11.2. The van der Waals surface area contributed by atoms with Crippen LogP contribution in [0, 0.1) is 5.92 Å². The van der Waals surface area contributed by atoms with E-state index in [1.54, 1.807) is 13.3 Å². The van der Waals surface area contributed by atoms with Gasteiger partial charge < -0.3 is 15.4 Å². The van der Waals surface area contributed by atoms with Crippen molar-refractivity contribution < 1.29 is 4.74 Å². The van der Waals surface area contributed by atoms with Crippen molar-refractivity contribution >= 4 is 5.69 Å². The lowest BCUT2D eigenvalue weighted by molar-refractivity contribution is 0.391. The van der Waals surface area contributed by atoms with Crippen LogP contribution in [0.5, 0.6) is 5.88 Å². The van der Waals surface area contributed by atoms with Crippen LogP contribution >= 0.6 is 0 Å². The Labute approximate surface area is 96.4 Å². The van der Waals surface area contributed by atoms with Gasteiger partial charge in [0.25, 0.3) is 0 Å². The Morgan fingerprint density at radius 1 is 1.62 bits per heavy atom. The topological polar surface area (TPSA) is 46.2 Å². The van der Waals surface area contributed by atoms with Crippen molar-refractivity contribution in [2.75, 3.05) is 32.1 Å². The highest BCUT2D eigenvalue weighted by molar-refractivity contribution is 5.44. The van der Waals surface area contributed by atoms with Gasteiger partial charge >= 0.3 is 0 Å². The van der Waals surface area contributed by atoms with Gasteiger partial charge in [-0.3, -0.25) is 0 Å². The maximum atomic E-state index is 5.08. The Bertz CT molecular complexity index is 324. The molecule has 2 heterocycles. The average molecular weight is 221 g/mol. The first-order valence-electron chi connectivity index (χ1n) is 5.83. The molecule has 4 heteroatoms. The Hall–Kier alpha value is -1.29. The van der Waals surface area contributed by atoms with Crippen LogP contribution in [-0.4, -0.2) is 31.7 Å². The molecule has 16 heavy (non-hydrogen) atoms. The van der Waals surface area contributed by atoms with Crippen molar-refractivity contribution in [1.82, 2.24) is 10.3 Å². The van der Waals surface area contributed by atoms with Crippen LogP contribution in [0.2, 0.25) is 0 Å². The molecule has 88 valence electrons. The summed E-state index contributed by atoms with van der Waals surface area (Å²) in [6.45, 7) is 3.30. The lowest BCUT2D eigenvalue weighted by atomic mass is 10.00. The van der Waals surface area contributed by atoms with Gasteiger partial charge in [0.1, 0.15) is 0 Å². The van der Waals surface area contributed by atoms with Crippen molar-refractivity contribution in [2.45, 2.75) is 12.8 Å². The summed E-state index contributed by atoms with van der Waals surface area (Å²) in [5.74, 6) is 1.39. The van der Waals surface area contributed by atoms with Gasteiger partial charge in [-0.2, -0.15) is 0 Å². The van der Waals surface area contributed by atoms with Crippen LogP contribution in [0.4, 0.5) is 5.69 Å². The van der Waals surface area contributed by atoms with Crippen LogP contribution in [0.3, 0.4) is 0 Å². The van der Waals surface area contributed by atoms with E-state index in [0.29, 0.717) is 5.88 Å². The van der Waals surface area contributed by atoms with Crippen LogP contribution < -0.4 is 15.4 Å². The number of rotatable bonds is 4. The number of aromatic nitrogens is 1. The van der Waals surface area contributed by atoms with Crippen LogP contribution in [-0.2, 0) is 0 Å². The van der Waals surface area contributed by atoms with Gasteiger partial charge in [0.15, 0.2) is 0 Å². The second kappa shape index (κ2) is 5.70. The van der Waals surface area contributed by atoms with Crippen LogP contribution in [0.15, 0.2) is 18.3 Å². The fraction of sp³-hybridized carbons (Fsp3) is 0.583. The largest absolute Gasteiger partial charge is 0.481 e. The molecule has 1 fully saturated rings. The molecule has 0 saturated carbocycles. The van der Waals surface area contributed by atoms with Crippen molar-refractivity contribution in [3.05, 3.63) is 18.3 Å². The van der Waals surface area contributed by atoms with E-state index in [1.807, 2.05) is 12.1 Å². The fourth-order valence-corrected chi connectivity index (χ4v) is 1.99. The average Bonchev–Trinajstić information content (AvgIpc) is 2.38. The maximum absolute atomic E-state index is 5.08. The van der Waals surface area contributed by atoms with Gasteiger partial charge in [-0.15, -0.1) is 0 Å². The summed E-state index contributed by atoms with van der Waals surface area (Å²) in [5.41, 5.74) is 1.08. The van der Waals surface area contributed by atoms with Gasteiger partial charge in [0, 0.05) is 24.5 Å². The summed E-state index contributed by atoms with van der Waals surface area (Å²) in [6.07, 6.45) is 4.36. The molecule has 1 aliphatic rings. The maximum Gasteiger partial charge on any atom is 0.214 e. The number of pyridine rings is 1. The SMILES string of the molecule is COc1cc(NCC2CCCNC2)ccn1. The van der Waals surface area contributed by atoms with Crippen molar-refractivity contribution in [3.63, 3.8) is 0 Å². The molecule has 1 unspecified atom stereocenters. The Morgan fingerprint density at radius 2 is 2.56 bits per heavy atom. The molecular weight excluding hydrogens is 202 g/mol. The quantitative estimate of drug-likeness (QED) is 0.809. The number of nitrogens with zero attached hydrogens (tertiary/aromatic N) is 1. The second-order valence-electron chi connectivity index (χ2n) is 4.18. The third-order valence-electron chi connectivity index (χ3n) is 2.94. The van der Waals surface area contributed by atoms with E-state index in [4.69, 9.17) is 4.74 Å². The van der Waals surface area contributed by atoms with E-state index in [-0.39, 0.29) is 0 Å². The fourth-order valence-electron chi connectivity index (χ4n) is 1.99. The molecule has 0 aromatic carbocycles. The summed E-state index contributed by atoms with van der Waals surface area (Å²) in [4.78, 5) is 4.08. The zero-order valence-electron chi connectivity index (χ0n) is 9.70. The van der Waals surface area contributed by atoms with Gasteiger partial charge in [-0.25, -0.2) is 4.98 Å². The number of hydrogen-bond acceptors (Lipinski definition) is 4. The highest BCUT2D eigenvalue weighted by atomic mass is 16.5. The molecule has 1 saturated heterocycles. The van der Waals surface area contributed by atoms with E-state index in [2.05, 4.69) is 15.6 Å². The van der Waals surface area contributed by atoms with Crippen LogP contribution in [0.1, 0.15) is 12.8 Å². The van der Waals surface area contributed by atoms with Gasteiger partial charge in [-0.05, 0) is 37.9 Å². The van der Waals surface area contributed by atoms with E-state index in [0.717, 1.165) is 24.7 Å². The molecule has 2 N–H and O–H groups in total. The van der Waals surface area contributed by atoms with Crippen molar-refractivity contribution in [1.29, 1.82) is 0 Å². The summed E-state index contributed by atoms with van der Waals surface area (Å²) < 4.78 is 5.08. The Morgan fingerprint density at radius 3 is 3.31 bits per heavy atom. The molecule has 2 rings (SSSR count). The molecule has 0 bridgehead atoms. The third kappa shape index (κ3) is 3.10. The predicted octanol–water partition coefficient (Wildman–Crippen LogP) is 1.50. The van der Waals surface area contributed by atoms with Gasteiger partial charge in [0.2, 0.25) is 5.88 Å². The summed E-state index contributed by atoms with van der Waals surface area (Å²) in [6, 6.07) is 3.90. The number of methoxy groups -OCH3 is 1. The highest BCUT2D eigenvalue weighted by Gasteiger charge is 2.12. The lowest BCUT2D eigenvalue weighted by Gasteiger charge is -2.23. The van der Waals surface area contributed by atoms with E-state index < -0.39 is 0 Å². The summed E-state index contributed by atoms with van der Waals surface area (Å²) >= 11 is 0. The minimum atomic E-state index is 0.659. The first kappa shape index (κ1) is 11.2. The Balaban J connectivity index is 1.83. The lowest BCUT2D eigenvalue weighted by Crippen LogP contribution is -2.33. The monoisotopic (exact) mass is 221 g/mol. The minimum absolute atomic E-state index is 0.659. The standard InChI is InChI=1S/C12H19N3O/c1-16-12-7-11(4-6-14-12)15-9-10-3-2-5-13-8-10/h4,6-7,10,13H,2-3,5,8-9H2,1H3,(H,14,15). The molecule has 0 radical (unpaired) electrons. The molecule has 1 atom stereocenters. The zero-order valence-corrected chi connectivity index (χ0v) is 9.70. The van der Waals surface area contributed by atoms with Gasteiger partial charge in [0.05, 0.1) is 7.11 Å². The molecule has 1 aliphatic heterocycles. The molecule has 1 aromatic heterocycles.